The van der Waals surface area contributed by atoms with E-state index in [2.05, 4.69) is 0 Å². The summed E-state index contributed by atoms with van der Waals surface area (Å²) in [5.74, 6) is 0. The predicted octanol–water partition coefficient (Wildman–Crippen LogP) is 1.41. The van der Waals surface area contributed by atoms with E-state index < -0.39 is 25.5 Å². The molecular weight excluding hydrogens is 296 g/mol. The van der Waals surface area contributed by atoms with Gasteiger partial charge in [-0.05, 0) is 6.07 Å². The van der Waals surface area contributed by atoms with Gasteiger partial charge in [-0.1, -0.05) is 12.1 Å². The van der Waals surface area contributed by atoms with E-state index in [1.807, 2.05) is 12.1 Å². The summed E-state index contributed by atoms with van der Waals surface area (Å²) in [6.07, 6.45) is -0.128. The van der Waals surface area contributed by atoms with E-state index in [-0.39, 0.29) is 25.9 Å². The van der Waals surface area contributed by atoms with E-state index in [9.17, 15) is 18.5 Å². The van der Waals surface area contributed by atoms with Crippen LogP contribution in [-0.4, -0.2) is 30.7 Å². The maximum atomic E-state index is 12.5. The standard InChI is InChI=1S/C12H12N4O4S/c13-7-3-9-15(10-4-8-14)21(19,20)12-6-2-1-5-11(12)16(17)18/h1-2,5-6H,3-4,9-10H2. The van der Waals surface area contributed by atoms with Crippen LogP contribution in [0, 0.1) is 32.8 Å². The van der Waals surface area contributed by atoms with Crippen LogP contribution in [0.5, 0.6) is 0 Å². The van der Waals surface area contributed by atoms with Gasteiger partial charge in [-0.15, -0.1) is 0 Å². The average molecular weight is 308 g/mol. The summed E-state index contributed by atoms with van der Waals surface area (Å²) in [7, 11) is -4.13. The number of hydrogen-bond donors (Lipinski definition) is 0. The number of nitrogens with zero attached hydrogens (tertiary/aromatic N) is 4. The molecular formula is C12H12N4O4S. The maximum Gasteiger partial charge on any atom is 0.289 e. The van der Waals surface area contributed by atoms with Crippen molar-refractivity contribution in [2.24, 2.45) is 0 Å². The fraction of sp³-hybridized carbons (Fsp3) is 0.333. The highest BCUT2D eigenvalue weighted by Crippen LogP contribution is 2.26. The molecule has 1 aromatic rings. The quantitative estimate of drug-likeness (QED) is 0.553. The van der Waals surface area contributed by atoms with Crippen LogP contribution in [0.1, 0.15) is 12.8 Å². The molecule has 0 aliphatic carbocycles. The van der Waals surface area contributed by atoms with Crippen molar-refractivity contribution in [3.8, 4) is 12.1 Å². The first-order chi connectivity index (χ1) is 9.95. The zero-order valence-electron chi connectivity index (χ0n) is 11.0. The normalized spacial score (nSPS) is 10.8. The van der Waals surface area contributed by atoms with Crippen LogP contribution in [0.2, 0.25) is 0 Å². The molecule has 0 aliphatic rings. The molecule has 0 atom stereocenters. The van der Waals surface area contributed by atoms with Crippen LogP contribution in [0.3, 0.4) is 0 Å². The summed E-state index contributed by atoms with van der Waals surface area (Å²) in [6.45, 7) is -0.237. The van der Waals surface area contributed by atoms with E-state index in [1.165, 1.54) is 12.1 Å². The van der Waals surface area contributed by atoms with Crippen LogP contribution < -0.4 is 0 Å². The molecule has 21 heavy (non-hydrogen) atoms. The molecule has 0 spiro atoms. The van der Waals surface area contributed by atoms with E-state index in [1.54, 1.807) is 0 Å². The number of benzene rings is 1. The molecule has 0 aromatic heterocycles. The van der Waals surface area contributed by atoms with E-state index in [0.717, 1.165) is 16.4 Å². The summed E-state index contributed by atoms with van der Waals surface area (Å²) < 4.78 is 25.9. The second-order valence-electron chi connectivity index (χ2n) is 3.95. The Morgan fingerprint density at radius 3 is 2.14 bits per heavy atom. The first-order valence-electron chi connectivity index (χ1n) is 5.92. The van der Waals surface area contributed by atoms with Crippen LogP contribution in [0.15, 0.2) is 29.2 Å². The number of para-hydroxylation sites is 1. The molecule has 1 rings (SSSR count). The Labute approximate surface area is 122 Å². The van der Waals surface area contributed by atoms with Gasteiger partial charge in [0.15, 0.2) is 4.90 Å². The molecule has 0 aliphatic heterocycles. The first-order valence-corrected chi connectivity index (χ1v) is 7.36. The highest BCUT2D eigenvalue weighted by atomic mass is 32.2. The lowest BCUT2D eigenvalue weighted by molar-refractivity contribution is -0.387. The summed E-state index contributed by atoms with van der Waals surface area (Å²) >= 11 is 0. The average Bonchev–Trinajstić information content (AvgIpc) is 2.47. The molecule has 0 heterocycles. The molecule has 110 valence electrons. The summed E-state index contributed by atoms with van der Waals surface area (Å²) in [6, 6.07) is 8.61. The lowest BCUT2D eigenvalue weighted by atomic mass is 10.3. The second-order valence-corrected chi connectivity index (χ2v) is 5.85. The Kier molecular flexibility index (Phi) is 5.79. The van der Waals surface area contributed by atoms with Gasteiger partial charge in [-0.3, -0.25) is 10.1 Å². The van der Waals surface area contributed by atoms with Gasteiger partial charge in [0.05, 0.1) is 17.1 Å². The smallest absolute Gasteiger partial charge is 0.258 e. The lowest BCUT2D eigenvalue weighted by Gasteiger charge is -2.19. The predicted molar refractivity (Wildman–Crippen MR) is 72.3 cm³/mol. The van der Waals surface area contributed by atoms with Gasteiger partial charge in [0.25, 0.3) is 5.69 Å². The Balaban J connectivity index is 3.26. The largest absolute Gasteiger partial charge is 0.289 e. The number of hydrogen-bond acceptors (Lipinski definition) is 6. The highest BCUT2D eigenvalue weighted by Gasteiger charge is 2.30. The molecule has 8 nitrogen and oxygen atoms in total. The molecule has 0 saturated carbocycles. The monoisotopic (exact) mass is 308 g/mol. The van der Waals surface area contributed by atoms with Crippen LogP contribution in [0.25, 0.3) is 0 Å². The van der Waals surface area contributed by atoms with E-state index >= 15 is 0 Å². The fourth-order valence-corrected chi connectivity index (χ4v) is 3.27. The van der Waals surface area contributed by atoms with Gasteiger partial charge in [0.1, 0.15) is 0 Å². The van der Waals surface area contributed by atoms with Crippen molar-refractivity contribution in [1.82, 2.24) is 4.31 Å². The Morgan fingerprint density at radius 1 is 1.14 bits per heavy atom. The minimum Gasteiger partial charge on any atom is -0.258 e. The zero-order chi connectivity index (χ0) is 15.9. The molecule has 0 saturated heterocycles. The molecule has 0 radical (unpaired) electrons. The number of nitro benzene ring substituents is 1. The molecule has 0 unspecified atom stereocenters. The first kappa shape index (κ1) is 16.6. The fourth-order valence-electron chi connectivity index (χ4n) is 1.67. The van der Waals surface area contributed by atoms with Crippen molar-refractivity contribution in [1.29, 1.82) is 10.5 Å². The molecule has 0 bridgehead atoms. The van der Waals surface area contributed by atoms with Crippen LogP contribution >= 0.6 is 0 Å². The van der Waals surface area contributed by atoms with Crippen LogP contribution in [0.4, 0.5) is 5.69 Å². The van der Waals surface area contributed by atoms with E-state index in [0.29, 0.717) is 0 Å². The van der Waals surface area contributed by atoms with Gasteiger partial charge in [-0.25, -0.2) is 8.42 Å². The van der Waals surface area contributed by atoms with Gasteiger partial charge in [0, 0.05) is 32.0 Å². The molecule has 1 aromatic carbocycles. The Hall–Kier alpha value is -2.49. The third kappa shape index (κ3) is 3.99. The Morgan fingerprint density at radius 2 is 1.67 bits per heavy atom. The summed E-state index contributed by atoms with van der Waals surface area (Å²) in [5.41, 5.74) is -0.531. The van der Waals surface area contributed by atoms with Gasteiger partial charge in [-0.2, -0.15) is 14.8 Å². The van der Waals surface area contributed by atoms with Crippen LogP contribution in [-0.2, 0) is 10.0 Å². The molecule has 0 fully saturated rings. The van der Waals surface area contributed by atoms with Crippen molar-refractivity contribution in [3.05, 3.63) is 34.4 Å². The number of nitro groups is 1. The molecule has 9 heteroatoms. The third-order valence-corrected chi connectivity index (χ3v) is 4.57. The van der Waals surface area contributed by atoms with Crippen molar-refractivity contribution >= 4 is 15.7 Å². The number of rotatable bonds is 7. The zero-order valence-corrected chi connectivity index (χ0v) is 11.8. The van der Waals surface area contributed by atoms with Crippen molar-refractivity contribution < 1.29 is 13.3 Å². The minimum atomic E-state index is -4.13. The summed E-state index contributed by atoms with van der Waals surface area (Å²) in [4.78, 5) is 9.72. The summed E-state index contributed by atoms with van der Waals surface area (Å²) in [5, 5.41) is 28.1. The SMILES string of the molecule is N#CCCN(CCC#N)S(=O)(=O)c1ccccc1[N+](=O)[O-]. The second kappa shape index (κ2) is 7.33. The van der Waals surface area contributed by atoms with Gasteiger partial charge in [0.2, 0.25) is 10.0 Å². The van der Waals surface area contributed by atoms with Crippen molar-refractivity contribution in [2.45, 2.75) is 17.7 Å². The molecule has 0 N–H and O–H groups in total. The van der Waals surface area contributed by atoms with Gasteiger partial charge < -0.3 is 0 Å². The van der Waals surface area contributed by atoms with E-state index in [4.69, 9.17) is 10.5 Å². The number of sulfonamides is 1. The number of nitriles is 2. The maximum absolute atomic E-state index is 12.5. The van der Waals surface area contributed by atoms with Gasteiger partial charge >= 0.3 is 0 Å². The topological polar surface area (TPSA) is 128 Å². The Bertz CT molecular complexity index is 685. The lowest BCUT2D eigenvalue weighted by Crippen LogP contribution is -2.33. The van der Waals surface area contributed by atoms with Crippen molar-refractivity contribution in [2.75, 3.05) is 13.1 Å². The van der Waals surface area contributed by atoms with Crippen molar-refractivity contribution in [3.63, 3.8) is 0 Å². The third-order valence-electron chi connectivity index (χ3n) is 2.63. The minimum absolute atomic E-state index is 0.0642. The molecule has 0 amide bonds. The highest BCUT2D eigenvalue weighted by molar-refractivity contribution is 7.89.